The van der Waals surface area contributed by atoms with Crippen LogP contribution in [-0.2, 0) is 0 Å². The minimum atomic E-state index is -0.820. The lowest BCUT2D eigenvalue weighted by atomic mass is 9.97. The molecule has 39 heavy (non-hydrogen) atoms. The lowest BCUT2D eigenvalue weighted by Gasteiger charge is -2.26. The summed E-state index contributed by atoms with van der Waals surface area (Å²) in [7, 11) is 3.06. The highest BCUT2D eigenvalue weighted by Crippen LogP contribution is 2.44. The van der Waals surface area contributed by atoms with E-state index in [9.17, 15) is 9.59 Å². The fourth-order valence-electron chi connectivity index (χ4n) is 4.84. The minimum Gasteiger partial charge on any atom is -0.495 e. The van der Waals surface area contributed by atoms with Crippen LogP contribution in [0.3, 0.4) is 0 Å². The summed E-state index contributed by atoms with van der Waals surface area (Å²) in [4.78, 5) is 29.2. The number of halogens is 2. The maximum Gasteiger partial charge on any atom is 0.295 e. The molecule has 5 rings (SSSR count). The van der Waals surface area contributed by atoms with Crippen molar-refractivity contribution in [1.82, 2.24) is 0 Å². The van der Waals surface area contributed by atoms with Crippen molar-refractivity contribution in [1.29, 1.82) is 0 Å². The minimum absolute atomic E-state index is 0.0365. The standard InChI is InChI=1S/C30H27Cl2NO6/c1-4-5-6-13-38-24-10-7-17(14-25(24)37-3)27-26-28(34)20-15-18(31)8-11-22(20)39-29(26)30(35)33(27)19-9-12-23(36-2)21(32)16-19/h7-12,14-16,27H,4-6,13H2,1-3H3. The first-order valence-corrected chi connectivity index (χ1v) is 13.4. The first-order chi connectivity index (χ1) is 18.9. The molecule has 1 amide bonds. The molecular formula is C30H27Cl2NO6. The van der Waals surface area contributed by atoms with E-state index in [1.807, 2.05) is 6.07 Å². The number of ether oxygens (including phenoxy) is 3. The molecule has 9 heteroatoms. The molecule has 0 saturated carbocycles. The fourth-order valence-corrected chi connectivity index (χ4v) is 5.26. The highest BCUT2D eigenvalue weighted by Gasteiger charge is 2.44. The van der Waals surface area contributed by atoms with E-state index in [0.717, 1.165) is 19.3 Å². The molecule has 1 atom stereocenters. The Labute approximate surface area is 235 Å². The van der Waals surface area contributed by atoms with E-state index in [0.29, 0.717) is 45.2 Å². The van der Waals surface area contributed by atoms with Crippen molar-refractivity contribution < 1.29 is 23.4 Å². The predicted octanol–water partition coefficient (Wildman–Crippen LogP) is 7.44. The molecular weight excluding hydrogens is 541 g/mol. The van der Waals surface area contributed by atoms with Gasteiger partial charge in [-0.15, -0.1) is 0 Å². The maximum atomic E-state index is 13.9. The number of carbonyl (C=O) groups is 1. The van der Waals surface area contributed by atoms with Gasteiger partial charge in [-0.05, 0) is 60.5 Å². The van der Waals surface area contributed by atoms with Gasteiger partial charge in [0.15, 0.2) is 16.9 Å². The molecule has 0 spiro atoms. The van der Waals surface area contributed by atoms with E-state index >= 15 is 0 Å². The molecule has 2 heterocycles. The maximum absolute atomic E-state index is 13.9. The number of carbonyl (C=O) groups excluding carboxylic acids is 1. The molecule has 1 aliphatic rings. The summed E-state index contributed by atoms with van der Waals surface area (Å²) in [5.74, 6) is 1.03. The monoisotopic (exact) mass is 567 g/mol. The summed E-state index contributed by atoms with van der Waals surface area (Å²) < 4.78 is 22.9. The van der Waals surface area contributed by atoms with Crippen LogP contribution in [0.15, 0.2) is 63.8 Å². The molecule has 4 aromatic rings. The number of hydrogen-bond donors (Lipinski definition) is 0. The number of nitrogens with zero attached hydrogens (tertiary/aromatic N) is 1. The Balaban J connectivity index is 1.68. The van der Waals surface area contributed by atoms with Crippen LogP contribution in [0.4, 0.5) is 5.69 Å². The molecule has 0 radical (unpaired) electrons. The topological polar surface area (TPSA) is 78.2 Å². The lowest BCUT2D eigenvalue weighted by Crippen LogP contribution is -2.29. The van der Waals surface area contributed by atoms with Crippen LogP contribution in [-0.4, -0.2) is 26.7 Å². The van der Waals surface area contributed by atoms with Crippen molar-refractivity contribution in [2.45, 2.75) is 32.2 Å². The number of hydrogen-bond acceptors (Lipinski definition) is 6. The first-order valence-electron chi connectivity index (χ1n) is 12.6. The Morgan fingerprint density at radius 3 is 2.38 bits per heavy atom. The first kappa shape index (κ1) is 26.9. The van der Waals surface area contributed by atoms with Crippen molar-refractivity contribution in [2.24, 2.45) is 0 Å². The normalized spacial score (nSPS) is 14.5. The Morgan fingerprint density at radius 2 is 1.67 bits per heavy atom. The van der Waals surface area contributed by atoms with Crippen molar-refractivity contribution in [3.8, 4) is 17.2 Å². The second-order valence-electron chi connectivity index (χ2n) is 9.18. The third-order valence-electron chi connectivity index (χ3n) is 6.75. The molecule has 0 fully saturated rings. The summed E-state index contributed by atoms with van der Waals surface area (Å²) in [5, 5.41) is 0.999. The van der Waals surface area contributed by atoms with Crippen LogP contribution in [0.5, 0.6) is 17.2 Å². The molecule has 1 aliphatic heterocycles. The molecule has 0 bridgehead atoms. The van der Waals surface area contributed by atoms with Crippen LogP contribution < -0.4 is 24.5 Å². The van der Waals surface area contributed by atoms with E-state index in [4.69, 9.17) is 41.8 Å². The number of fused-ring (bicyclic) bond motifs is 2. The van der Waals surface area contributed by atoms with Gasteiger partial charge in [-0.3, -0.25) is 14.5 Å². The molecule has 1 unspecified atom stereocenters. The second-order valence-corrected chi connectivity index (χ2v) is 10.0. The van der Waals surface area contributed by atoms with Crippen LogP contribution >= 0.6 is 23.2 Å². The highest BCUT2D eigenvalue weighted by atomic mass is 35.5. The Hall–Kier alpha value is -3.68. The third kappa shape index (κ3) is 4.92. The summed E-state index contributed by atoms with van der Waals surface area (Å²) in [6, 6.07) is 14.3. The summed E-state index contributed by atoms with van der Waals surface area (Å²) in [6.07, 6.45) is 3.07. The Kier molecular flexibility index (Phi) is 7.73. The Morgan fingerprint density at radius 1 is 0.897 bits per heavy atom. The van der Waals surface area contributed by atoms with Gasteiger partial charge in [0, 0.05) is 10.7 Å². The van der Waals surface area contributed by atoms with Crippen molar-refractivity contribution in [3.63, 3.8) is 0 Å². The smallest absolute Gasteiger partial charge is 0.295 e. The van der Waals surface area contributed by atoms with Gasteiger partial charge in [0.2, 0.25) is 5.76 Å². The number of benzene rings is 3. The average Bonchev–Trinajstić information content (AvgIpc) is 3.23. The molecule has 202 valence electrons. The van der Waals surface area contributed by atoms with E-state index in [-0.39, 0.29) is 27.7 Å². The number of rotatable bonds is 9. The van der Waals surface area contributed by atoms with Gasteiger partial charge in [0.1, 0.15) is 11.3 Å². The molecule has 1 aromatic heterocycles. The van der Waals surface area contributed by atoms with Gasteiger partial charge in [-0.25, -0.2) is 0 Å². The van der Waals surface area contributed by atoms with Gasteiger partial charge >= 0.3 is 0 Å². The van der Waals surface area contributed by atoms with Gasteiger partial charge < -0.3 is 18.6 Å². The molecule has 7 nitrogen and oxygen atoms in total. The van der Waals surface area contributed by atoms with Gasteiger partial charge in [0.05, 0.1) is 42.8 Å². The van der Waals surface area contributed by atoms with Crippen molar-refractivity contribution in [3.05, 3.63) is 91.8 Å². The number of anilines is 1. The van der Waals surface area contributed by atoms with Crippen LogP contribution in [0, 0.1) is 0 Å². The number of amides is 1. The zero-order valence-corrected chi connectivity index (χ0v) is 23.3. The van der Waals surface area contributed by atoms with Crippen molar-refractivity contribution in [2.75, 3.05) is 25.7 Å². The van der Waals surface area contributed by atoms with E-state index in [1.54, 1.807) is 55.6 Å². The predicted molar refractivity (Wildman–Crippen MR) is 152 cm³/mol. The van der Waals surface area contributed by atoms with Crippen LogP contribution in [0.2, 0.25) is 10.0 Å². The third-order valence-corrected chi connectivity index (χ3v) is 7.29. The van der Waals surface area contributed by atoms with E-state index in [1.165, 1.54) is 12.0 Å². The van der Waals surface area contributed by atoms with Gasteiger partial charge in [0.25, 0.3) is 5.91 Å². The number of methoxy groups -OCH3 is 2. The van der Waals surface area contributed by atoms with Crippen LogP contribution in [0.1, 0.15) is 53.9 Å². The second kappa shape index (κ2) is 11.2. The zero-order valence-electron chi connectivity index (χ0n) is 21.8. The fraction of sp³-hybridized carbons (Fsp3) is 0.267. The molecule has 0 saturated heterocycles. The molecule has 0 aliphatic carbocycles. The van der Waals surface area contributed by atoms with Crippen molar-refractivity contribution >= 4 is 45.8 Å². The summed E-state index contributed by atoms with van der Waals surface area (Å²) in [5.41, 5.74) is 1.26. The molecule has 3 aromatic carbocycles. The Bertz CT molecular complexity index is 1620. The lowest BCUT2D eigenvalue weighted by molar-refractivity contribution is 0.0971. The highest BCUT2D eigenvalue weighted by molar-refractivity contribution is 6.32. The van der Waals surface area contributed by atoms with E-state index < -0.39 is 11.9 Å². The van der Waals surface area contributed by atoms with Gasteiger partial charge in [-0.2, -0.15) is 0 Å². The SMILES string of the molecule is CCCCCOc1ccc(C2c3c(oc4ccc(Cl)cc4c3=O)C(=O)N2c2ccc(OC)c(Cl)c2)cc1OC. The molecule has 0 N–H and O–H groups in total. The van der Waals surface area contributed by atoms with E-state index in [2.05, 4.69) is 6.92 Å². The largest absolute Gasteiger partial charge is 0.495 e. The summed E-state index contributed by atoms with van der Waals surface area (Å²) in [6.45, 7) is 2.69. The van der Waals surface area contributed by atoms with Crippen LogP contribution in [0.25, 0.3) is 11.0 Å². The average molecular weight is 568 g/mol. The van der Waals surface area contributed by atoms with Gasteiger partial charge in [-0.1, -0.05) is 49.0 Å². The quantitative estimate of drug-likeness (QED) is 0.195. The number of unbranched alkanes of at least 4 members (excludes halogenated alkanes) is 2. The zero-order chi connectivity index (χ0) is 27.7. The summed E-state index contributed by atoms with van der Waals surface area (Å²) >= 11 is 12.6.